The zero-order chi connectivity index (χ0) is 23.7. The van der Waals surface area contributed by atoms with Gasteiger partial charge < -0.3 is 4.98 Å². The normalized spacial score (nSPS) is 14.7. The smallest absolute Gasteiger partial charge is 0.269 e. The van der Waals surface area contributed by atoms with Crippen LogP contribution in [0.4, 0.5) is 5.69 Å². The maximum Gasteiger partial charge on any atom is 0.269 e. The van der Waals surface area contributed by atoms with Crippen LogP contribution >= 0.6 is 46.5 Å². The second kappa shape index (κ2) is 10.1. The van der Waals surface area contributed by atoms with Gasteiger partial charge in [-0.25, -0.2) is 4.98 Å². The second-order valence-corrected chi connectivity index (χ2v) is 11.8. The number of nitro groups is 1. The molecule has 0 bridgehead atoms. The Bertz CT molecular complexity index is 1390. The minimum absolute atomic E-state index is 0.0543. The molecule has 0 unspecified atom stereocenters. The predicted molar refractivity (Wildman–Crippen MR) is 141 cm³/mol. The van der Waals surface area contributed by atoms with Gasteiger partial charge in [-0.05, 0) is 42.5 Å². The molecule has 0 aliphatic heterocycles. The Morgan fingerprint density at radius 1 is 1.15 bits per heavy atom. The van der Waals surface area contributed by atoms with Crippen LogP contribution < -0.4 is 5.56 Å². The third-order valence-corrected chi connectivity index (χ3v) is 10.1. The van der Waals surface area contributed by atoms with Gasteiger partial charge in [0, 0.05) is 32.9 Å². The van der Waals surface area contributed by atoms with Crippen molar-refractivity contribution in [2.45, 2.75) is 39.9 Å². The summed E-state index contributed by atoms with van der Waals surface area (Å²) in [7, 11) is 0. The van der Waals surface area contributed by atoms with Crippen LogP contribution in [0.15, 0.2) is 69.4 Å². The molecule has 0 spiro atoms. The third-order valence-electron chi connectivity index (χ3n) is 5.72. The van der Waals surface area contributed by atoms with Gasteiger partial charge in [-0.1, -0.05) is 42.1 Å². The molecule has 0 saturated carbocycles. The fraction of sp³-hybridized carbons (Fsp3) is 0.250. The lowest BCUT2D eigenvalue weighted by molar-refractivity contribution is -0.384. The van der Waals surface area contributed by atoms with Gasteiger partial charge in [0.1, 0.15) is 4.83 Å². The van der Waals surface area contributed by atoms with Crippen LogP contribution in [-0.2, 0) is 12.8 Å². The van der Waals surface area contributed by atoms with Crippen LogP contribution in [0.3, 0.4) is 0 Å². The second-order valence-electron chi connectivity index (χ2n) is 7.94. The fourth-order valence-corrected chi connectivity index (χ4v) is 8.11. The Morgan fingerprint density at radius 2 is 1.91 bits per heavy atom. The van der Waals surface area contributed by atoms with Crippen LogP contribution in [0.5, 0.6) is 0 Å². The van der Waals surface area contributed by atoms with Crippen molar-refractivity contribution in [1.82, 2.24) is 9.97 Å². The minimum Gasteiger partial charge on any atom is -0.301 e. The van der Waals surface area contributed by atoms with Gasteiger partial charge in [-0.3, -0.25) is 14.9 Å². The fourth-order valence-electron chi connectivity index (χ4n) is 4.06. The molecule has 34 heavy (non-hydrogen) atoms. The summed E-state index contributed by atoms with van der Waals surface area (Å²) in [4.78, 5) is 34.1. The molecule has 10 heteroatoms. The van der Waals surface area contributed by atoms with E-state index in [9.17, 15) is 14.9 Å². The number of hydrogen-bond donors (Lipinski definition) is 1. The molecule has 0 fully saturated rings. The van der Waals surface area contributed by atoms with Crippen molar-refractivity contribution in [2.75, 3.05) is 5.75 Å². The molecule has 5 rings (SSSR count). The van der Waals surface area contributed by atoms with Crippen molar-refractivity contribution < 1.29 is 4.92 Å². The number of thiophene rings is 1. The van der Waals surface area contributed by atoms with Gasteiger partial charge in [0.15, 0.2) is 5.16 Å². The molecule has 0 saturated heterocycles. The first kappa shape index (κ1) is 23.4. The number of rotatable bonds is 8. The number of nitrogens with zero attached hydrogens (tertiary/aromatic N) is 2. The van der Waals surface area contributed by atoms with E-state index in [1.54, 1.807) is 35.2 Å². The van der Waals surface area contributed by atoms with E-state index in [4.69, 9.17) is 16.6 Å². The predicted octanol–water partition coefficient (Wildman–Crippen LogP) is 6.61. The van der Waals surface area contributed by atoms with Crippen molar-refractivity contribution >= 4 is 62.4 Å². The first-order valence-electron chi connectivity index (χ1n) is 10.8. The summed E-state index contributed by atoms with van der Waals surface area (Å²) in [6.07, 6.45) is 3.08. The molecule has 0 amide bonds. The van der Waals surface area contributed by atoms with E-state index in [-0.39, 0.29) is 21.9 Å². The summed E-state index contributed by atoms with van der Waals surface area (Å²) in [6, 6.07) is 16.3. The summed E-state index contributed by atoms with van der Waals surface area (Å²) in [6.45, 7) is 0. The highest BCUT2D eigenvalue weighted by atomic mass is 35.5. The van der Waals surface area contributed by atoms with Gasteiger partial charge in [-0.15, -0.1) is 34.7 Å². The molecule has 1 aliphatic rings. The third kappa shape index (κ3) is 4.88. The summed E-state index contributed by atoms with van der Waals surface area (Å²) >= 11 is 11.6. The number of alkyl halides is 1. The van der Waals surface area contributed by atoms with Crippen molar-refractivity contribution in [3.63, 3.8) is 0 Å². The summed E-state index contributed by atoms with van der Waals surface area (Å²) < 4.78 is 0. The standard InChI is InChI=1S/C24H20ClN3O3S3/c25-21(14-5-2-1-3-6-14)19(33-16-11-9-15(10-12-16)28(30)31)13-32-24-26-22(29)20-17-7-4-8-18(17)34-23(20)27-24/h1-3,5-6,9-12,19,21H,4,7-8,13H2,(H,26,27,29)/t19-,21-/m1/s1. The molecule has 174 valence electrons. The van der Waals surface area contributed by atoms with Crippen molar-refractivity contribution in [1.29, 1.82) is 0 Å². The van der Waals surface area contributed by atoms with E-state index >= 15 is 0 Å². The number of halogens is 1. The molecular formula is C24H20ClN3O3S3. The summed E-state index contributed by atoms with van der Waals surface area (Å²) in [5.41, 5.74) is 2.15. The lowest BCUT2D eigenvalue weighted by Crippen LogP contribution is -2.15. The molecule has 1 N–H and O–H groups in total. The highest BCUT2D eigenvalue weighted by molar-refractivity contribution is 8.03. The largest absolute Gasteiger partial charge is 0.301 e. The topological polar surface area (TPSA) is 88.9 Å². The van der Waals surface area contributed by atoms with E-state index in [2.05, 4.69) is 4.98 Å². The average Bonchev–Trinajstić information content (AvgIpc) is 3.43. The van der Waals surface area contributed by atoms with E-state index < -0.39 is 4.92 Å². The highest BCUT2D eigenvalue weighted by Crippen LogP contribution is 2.40. The van der Waals surface area contributed by atoms with Gasteiger partial charge in [-0.2, -0.15) is 0 Å². The van der Waals surface area contributed by atoms with E-state index in [0.29, 0.717) is 10.9 Å². The number of aromatic amines is 1. The van der Waals surface area contributed by atoms with Crippen molar-refractivity contribution in [3.8, 4) is 0 Å². The maximum absolute atomic E-state index is 12.8. The zero-order valence-electron chi connectivity index (χ0n) is 17.9. The van der Waals surface area contributed by atoms with Crippen molar-refractivity contribution in [2.24, 2.45) is 0 Å². The molecule has 2 heterocycles. The number of H-pyrrole nitrogens is 1. The molecule has 2 aromatic carbocycles. The van der Waals surface area contributed by atoms with E-state index in [1.807, 2.05) is 30.3 Å². The number of thioether (sulfide) groups is 2. The van der Waals surface area contributed by atoms with E-state index in [1.165, 1.54) is 34.3 Å². The molecule has 1 aliphatic carbocycles. The molecule has 0 radical (unpaired) electrons. The SMILES string of the molecule is O=c1[nH]c(SC[C@@H](Sc2ccc([N+](=O)[O-])cc2)[C@H](Cl)c2ccccc2)nc2sc3c(c12)CCC3. The molecular weight excluding hydrogens is 510 g/mol. The number of hydrogen-bond acceptors (Lipinski definition) is 7. The Labute approximate surface area is 213 Å². The average molecular weight is 530 g/mol. The maximum atomic E-state index is 12.8. The van der Waals surface area contributed by atoms with Crippen LogP contribution in [0, 0.1) is 10.1 Å². The number of aromatic nitrogens is 2. The van der Waals surface area contributed by atoms with Gasteiger partial charge in [0.25, 0.3) is 11.2 Å². The highest BCUT2D eigenvalue weighted by Gasteiger charge is 2.25. The summed E-state index contributed by atoms with van der Waals surface area (Å²) in [5, 5.41) is 12.0. The van der Waals surface area contributed by atoms with Gasteiger partial charge in [0.2, 0.25) is 0 Å². The minimum atomic E-state index is -0.408. The lowest BCUT2D eigenvalue weighted by Gasteiger charge is -2.22. The number of benzene rings is 2. The quantitative estimate of drug-likeness (QED) is 0.0907. The van der Waals surface area contributed by atoms with Gasteiger partial charge >= 0.3 is 0 Å². The van der Waals surface area contributed by atoms with E-state index in [0.717, 1.165) is 39.9 Å². The Kier molecular flexibility index (Phi) is 6.96. The van der Waals surface area contributed by atoms with Crippen LogP contribution in [0.2, 0.25) is 0 Å². The van der Waals surface area contributed by atoms with Gasteiger partial charge in [0.05, 0.1) is 15.7 Å². The Morgan fingerprint density at radius 3 is 2.65 bits per heavy atom. The zero-order valence-corrected chi connectivity index (χ0v) is 21.1. The Hall–Kier alpha value is -2.33. The summed E-state index contributed by atoms with van der Waals surface area (Å²) in [5.74, 6) is 0.601. The monoisotopic (exact) mass is 529 g/mol. The number of nitrogens with one attached hydrogen (secondary N) is 1. The number of nitro benzene ring substituents is 1. The van der Waals surface area contributed by atoms with Crippen LogP contribution in [0.25, 0.3) is 10.2 Å². The number of aryl methyl sites for hydroxylation is 2. The molecule has 4 aromatic rings. The first-order valence-corrected chi connectivity index (χ1v) is 13.9. The molecule has 2 atom stereocenters. The number of fused-ring (bicyclic) bond motifs is 3. The lowest BCUT2D eigenvalue weighted by atomic mass is 10.1. The number of non-ortho nitro benzene ring substituents is 1. The van der Waals surface area contributed by atoms with Crippen molar-refractivity contribution in [3.05, 3.63) is 91.1 Å². The molecule has 6 nitrogen and oxygen atoms in total. The first-order chi connectivity index (χ1) is 16.5. The molecule has 2 aromatic heterocycles. The van der Waals surface area contributed by atoms with Crippen LogP contribution in [0.1, 0.15) is 27.8 Å². The Balaban J connectivity index is 1.39. The van der Waals surface area contributed by atoms with Crippen LogP contribution in [-0.4, -0.2) is 25.9 Å².